The van der Waals surface area contributed by atoms with Gasteiger partial charge >= 0.3 is 0 Å². The van der Waals surface area contributed by atoms with Gasteiger partial charge in [-0.3, -0.25) is 4.79 Å². The number of hydrogen-bond acceptors (Lipinski definition) is 2. The number of carbonyl (C=O) groups excluding carboxylic acids is 1. The summed E-state index contributed by atoms with van der Waals surface area (Å²) in [6.45, 7) is 4.58. The van der Waals surface area contributed by atoms with Crippen molar-refractivity contribution in [3.8, 4) is 0 Å². The van der Waals surface area contributed by atoms with Crippen molar-refractivity contribution in [3.63, 3.8) is 0 Å². The van der Waals surface area contributed by atoms with Crippen LogP contribution in [0.1, 0.15) is 24.5 Å². The van der Waals surface area contributed by atoms with Gasteiger partial charge in [0.2, 0.25) is 5.91 Å². The van der Waals surface area contributed by atoms with Gasteiger partial charge in [0.25, 0.3) is 0 Å². The standard InChI is InChI=1S/C14H20N2O/c1-2-11-5-3-4-6-12(11)10-16-14(17)13-7-8-15-9-13/h3-6,13,15H,2,7-10H2,1H3,(H,16,17). The van der Waals surface area contributed by atoms with E-state index in [2.05, 4.69) is 29.7 Å². The molecule has 1 atom stereocenters. The van der Waals surface area contributed by atoms with Crippen molar-refractivity contribution in [2.24, 2.45) is 5.92 Å². The molecular weight excluding hydrogens is 212 g/mol. The minimum absolute atomic E-state index is 0.156. The zero-order valence-corrected chi connectivity index (χ0v) is 10.3. The van der Waals surface area contributed by atoms with E-state index in [1.54, 1.807) is 0 Å². The lowest BCUT2D eigenvalue weighted by molar-refractivity contribution is -0.124. The van der Waals surface area contributed by atoms with Crippen molar-refractivity contribution >= 4 is 5.91 Å². The van der Waals surface area contributed by atoms with Gasteiger partial charge in [0.15, 0.2) is 0 Å². The summed E-state index contributed by atoms with van der Waals surface area (Å²) >= 11 is 0. The summed E-state index contributed by atoms with van der Waals surface area (Å²) in [5, 5.41) is 6.25. The molecule has 0 saturated carbocycles. The second-order valence-corrected chi connectivity index (χ2v) is 4.53. The molecule has 2 N–H and O–H groups in total. The molecule has 3 heteroatoms. The highest BCUT2D eigenvalue weighted by Gasteiger charge is 2.21. The molecule has 92 valence electrons. The number of nitrogens with one attached hydrogen (secondary N) is 2. The molecule has 1 aliphatic heterocycles. The number of rotatable bonds is 4. The minimum atomic E-state index is 0.156. The van der Waals surface area contributed by atoms with Crippen LogP contribution >= 0.6 is 0 Å². The van der Waals surface area contributed by atoms with Gasteiger partial charge in [-0.15, -0.1) is 0 Å². The largest absolute Gasteiger partial charge is 0.352 e. The lowest BCUT2D eigenvalue weighted by Gasteiger charge is -2.12. The summed E-state index contributed by atoms with van der Waals surface area (Å²) < 4.78 is 0. The zero-order valence-electron chi connectivity index (χ0n) is 10.3. The average Bonchev–Trinajstić information content (AvgIpc) is 2.90. The highest BCUT2D eigenvalue weighted by atomic mass is 16.1. The Kier molecular flexibility index (Phi) is 4.15. The second-order valence-electron chi connectivity index (χ2n) is 4.53. The third-order valence-electron chi connectivity index (χ3n) is 3.38. The molecule has 1 aliphatic rings. The van der Waals surface area contributed by atoms with E-state index in [0.717, 1.165) is 25.9 Å². The Bertz CT molecular complexity index is 384. The first kappa shape index (κ1) is 12.1. The lowest BCUT2D eigenvalue weighted by Crippen LogP contribution is -2.31. The van der Waals surface area contributed by atoms with Crippen molar-refractivity contribution < 1.29 is 4.79 Å². The summed E-state index contributed by atoms with van der Waals surface area (Å²) in [5.74, 6) is 0.338. The predicted molar refractivity (Wildman–Crippen MR) is 68.6 cm³/mol. The normalized spacial score (nSPS) is 19.2. The van der Waals surface area contributed by atoms with E-state index < -0.39 is 0 Å². The molecule has 0 bridgehead atoms. The second kappa shape index (κ2) is 5.82. The van der Waals surface area contributed by atoms with Crippen LogP contribution in [0.25, 0.3) is 0 Å². The Hall–Kier alpha value is -1.35. The topological polar surface area (TPSA) is 41.1 Å². The van der Waals surface area contributed by atoms with Crippen LogP contribution in [0.3, 0.4) is 0 Å². The maximum atomic E-state index is 11.9. The number of hydrogen-bond donors (Lipinski definition) is 2. The summed E-state index contributed by atoms with van der Waals surface area (Å²) in [5.41, 5.74) is 2.55. The van der Waals surface area contributed by atoms with Crippen molar-refractivity contribution in [1.82, 2.24) is 10.6 Å². The van der Waals surface area contributed by atoms with E-state index in [-0.39, 0.29) is 11.8 Å². The number of amides is 1. The first-order valence-corrected chi connectivity index (χ1v) is 6.36. The quantitative estimate of drug-likeness (QED) is 0.825. The van der Waals surface area contributed by atoms with Gasteiger partial charge in [-0.1, -0.05) is 31.2 Å². The van der Waals surface area contributed by atoms with Gasteiger partial charge in [0.05, 0.1) is 5.92 Å². The third-order valence-corrected chi connectivity index (χ3v) is 3.38. The first-order valence-electron chi connectivity index (χ1n) is 6.36. The first-order chi connectivity index (χ1) is 8.31. The molecule has 0 aliphatic carbocycles. The molecule has 3 nitrogen and oxygen atoms in total. The van der Waals surface area contributed by atoms with E-state index in [1.807, 2.05) is 12.1 Å². The Morgan fingerprint density at radius 2 is 2.18 bits per heavy atom. The smallest absolute Gasteiger partial charge is 0.224 e. The number of aryl methyl sites for hydroxylation is 1. The molecule has 0 spiro atoms. The Balaban J connectivity index is 1.90. The third kappa shape index (κ3) is 3.07. The van der Waals surface area contributed by atoms with E-state index in [4.69, 9.17) is 0 Å². The molecule has 1 unspecified atom stereocenters. The Labute approximate surface area is 103 Å². The molecule has 1 aromatic carbocycles. The fourth-order valence-corrected chi connectivity index (χ4v) is 2.28. The van der Waals surface area contributed by atoms with Crippen LogP contribution < -0.4 is 10.6 Å². The molecule has 1 saturated heterocycles. The van der Waals surface area contributed by atoms with Crippen LogP contribution in [0.15, 0.2) is 24.3 Å². The summed E-state index contributed by atoms with van der Waals surface area (Å²) in [6.07, 6.45) is 1.97. The Morgan fingerprint density at radius 3 is 2.82 bits per heavy atom. The maximum Gasteiger partial charge on any atom is 0.224 e. The molecule has 1 fully saturated rings. The highest BCUT2D eigenvalue weighted by molar-refractivity contribution is 5.79. The van der Waals surface area contributed by atoms with E-state index in [0.29, 0.717) is 6.54 Å². The van der Waals surface area contributed by atoms with E-state index >= 15 is 0 Å². The highest BCUT2D eigenvalue weighted by Crippen LogP contribution is 2.11. The SMILES string of the molecule is CCc1ccccc1CNC(=O)C1CCNC1. The van der Waals surface area contributed by atoms with Crippen LogP contribution in [0.2, 0.25) is 0 Å². The van der Waals surface area contributed by atoms with Crippen LogP contribution in [0.5, 0.6) is 0 Å². The van der Waals surface area contributed by atoms with Crippen molar-refractivity contribution in [2.45, 2.75) is 26.3 Å². The van der Waals surface area contributed by atoms with Gasteiger partial charge in [-0.05, 0) is 30.5 Å². The average molecular weight is 232 g/mol. The van der Waals surface area contributed by atoms with Gasteiger partial charge in [0.1, 0.15) is 0 Å². The van der Waals surface area contributed by atoms with E-state index in [9.17, 15) is 4.79 Å². The molecule has 2 rings (SSSR count). The van der Waals surface area contributed by atoms with Crippen LogP contribution in [-0.2, 0) is 17.8 Å². The molecule has 1 amide bonds. The Morgan fingerprint density at radius 1 is 1.41 bits per heavy atom. The summed E-state index contributed by atoms with van der Waals surface area (Å²) in [7, 11) is 0. The lowest BCUT2D eigenvalue weighted by atomic mass is 10.0. The molecule has 0 aromatic heterocycles. The molecule has 17 heavy (non-hydrogen) atoms. The van der Waals surface area contributed by atoms with Gasteiger partial charge in [-0.25, -0.2) is 0 Å². The van der Waals surface area contributed by atoms with Crippen molar-refractivity contribution in [2.75, 3.05) is 13.1 Å². The number of benzene rings is 1. The van der Waals surface area contributed by atoms with Crippen LogP contribution in [0, 0.1) is 5.92 Å². The van der Waals surface area contributed by atoms with Crippen LogP contribution in [-0.4, -0.2) is 19.0 Å². The van der Waals surface area contributed by atoms with Crippen LogP contribution in [0.4, 0.5) is 0 Å². The minimum Gasteiger partial charge on any atom is -0.352 e. The van der Waals surface area contributed by atoms with Crippen molar-refractivity contribution in [1.29, 1.82) is 0 Å². The van der Waals surface area contributed by atoms with Gasteiger partial charge in [-0.2, -0.15) is 0 Å². The fourth-order valence-electron chi connectivity index (χ4n) is 2.28. The van der Waals surface area contributed by atoms with Crippen molar-refractivity contribution in [3.05, 3.63) is 35.4 Å². The number of carbonyl (C=O) groups is 1. The monoisotopic (exact) mass is 232 g/mol. The molecule has 1 heterocycles. The molecule has 0 radical (unpaired) electrons. The zero-order chi connectivity index (χ0) is 12.1. The summed E-state index contributed by atoms with van der Waals surface area (Å²) in [4.78, 5) is 11.9. The fraction of sp³-hybridized carbons (Fsp3) is 0.500. The summed E-state index contributed by atoms with van der Waals surface area (Å²) in [6, 6.07) is 8.29. The van der Waals surface area contributed by atoms with Gasteiger partial charge < -0.3 is 10.6 Å². The molecular formula is C14H20N2O. The predicted octanol–water partition coefficient (Wildman–Crippen LogP) is 1.47. The van der Waals surface area contributed by atoms with E-state index in [1.165, 1.54) is 11.1 Å². The van der Waals surface area contributed by atoms with Gasteiger partial charge in [0, 0.05) is 13.1 Å². The maximum absolute atomic E-state index is 11.9. The molecule has 1 aromatic rings.